The molecule has 1 aromatic rings. The first-order chi connectivity index (χ1) is 4.79. The van der Waals surface area contributed by atoms with Gasteiger partial charge in [0.2, 0.25) is 0 Å². The SMILES string of the molecule is CC(C)Nc1ccccn1.[HH]. The van der Waals surface area contributed by atoms with Crippen LogP contribution in [0, 0.1) is 0 Å². The number of nitrogens with zero attached hydrogens (tertiary/aromatic N) is 1. The van der Waals surface area contributed by atoms with E-state index in [1.54, 1.807) is 6.20 Å². The molecule has 10 heavy (non-hydrogen) atoms. The summed E-state index contributed by atoms with van der Waals surface area (Å²) in [6.45, 7) is 4.18. The molecule has 0 aliphatic heterocycles. The van der Waals surface area contributed by atoms with Crippen molar-refractivity contribution in [2.75, 3.05) is 5.32 Å². The minimum atomic E-state index is 0. The second kappa shape index (κ2) is 3.20. The van der Waals surface area contributed by atoms with E-state index in [9.17, 15) is 0 Å². The topological polar surface area (TPSA) is 24.9 Å². The van der Waals surface area contributed by atoms with E-state index in [0.717, 1.165) is 5.82 Å². The molecule has 1 rings (SSSR count). The Morgan fingerprint density at radius 3 is 2.80 bits per heavy atom. The molecule has 0 unspecified atom stereocenters. The van der Waals surface area contributed by atoms with E-state index >= 15 is 0 Å². The summed E-state index contributed by atoms with van der Waals surface area (Å²) in [4.78, 5) is 4.11. The van der Waals surface area contributed by atoms with Gasteiger partial charge in [0.15, 0.2) is 0 Å². The van der Waals surface area contributed by atoms with Gasteiger partial charge in [0.1, 0.15) is 5.82 Å². The third kappa shape index (κ3) is 2.05. The third-order valence-electron chi connectivity index (χ3n) is 1.10. The maximum atomic E-state index is 4.11. The second-order valence-corrected chi connectivity index (χ2v) is 2.51. The molecule has 0 aliphatic rings. The molecule has 0 atom stereocenters. The van der Waals surface area contributed by atoms with Crippen molar-refractivity contribution in [3.63, 3.8) is 0 Å². The minimum absolute atomic E-state index is 0. The summed E-state index contributed by atoms with van der Waals surface area (Å²) < 4.78 is 0. The fourth-order valence-corrected chi connectivity index (χ4v) is 0.744. The molecule has 0 fully saturated rings. The zero-order valence-electron chi connectivity index (χ0n) is 6.33. The largest absolute Gasteiger partial charge is 0.368 e. The van der Waals surface area contributed by atoms with E-state index in [0.29, 0.717) is 6.04 Å². The summed E-state index contributed by atoms with van der Waals surface area (Å²) in [7, 11) is 0. The smallest absolute Gasteiger partial charge is 0.126 e. The lowest BCUT2D eigenvalue weighted by Gasteiger charge is -2.06. The van der Waals surface area contributed by atoms with E-state index in [2.05, 4.69) is 24.1 Å². The first kappa shape index (κ1) is 7.06. The zero-order chi connectivity index (χ0) is 7.40. The molecular formula is C8H14N2. The van der Waals surface area contributed by atoms with Crippen molar-refractivity contribution < 1.29 is 1.43 Å². The van der Waals surface area contributed by atoms with Gasteiger partial charge in [-0.2, -0.15) is 0 Å². The molecule has 0 radical (unpaired) electrons. The number of nitrogens with one attached hydrogen (secondary N) is 1. The van der Waals surface area contributed by atoms with Gasteiger partial charge in [-0.15, -0.1) is 0 Å². The van der Waals surface area contributed by atoms with Crippen LogP contribution in [0.3, 0.4) is 0 Å². The Balaban J connectivity index is 0.000001000. The Kier molecular flexibility index (Phi) is 2.26. The summed E-state index contributed by atoms with van der Waals surface area (Å²) in [5, 5.41) is 3.19. The molecule has 0 aliphatic carbocycles. The molecule has 0 saturated heterocycles. The van der Waals surface area contributed by atoms with Crippen LogP contribution in [0.1, 0.15) is 15.3 Å². The summed E-state index contributed by atoms with van der Waals surface area (Å²) >= 11 is 0. The van der Waals surface area contributed by atoms with Gasteiger partial charge < -0.3 is 5.32 Å². The zero-order valence-corrected chi connectivity index (χ0v) is 6.33. The van der Waals surface area contributed by atoms with Crippen LogP contribution in [0.15, 0.2) is 24.4 Å². The average Bonchev–Trinajstić information content (AvgIpc) is 1.88. The van der Waals surface area contributed by atoms with Crippen molar-refractivity contribution >= 4 is 5.82 Å². The van der Waals surface area contributed by atoms with Crippen LogP contribution >= 0.6 is 0 Å². The lowest BCUT2D eigenvalue weighted by Crippen LogP contribution is -2.10. The van der Waals surface area contributed by atoms with Gasteiger partial charge in [0.05, 0.1) is 0 Å². The van der Waals surface area contributed by atoms with Gasteiger partial charge in [-0.05, 0) is 26.0 Å². The van der Waals surface area contributed by atoms with Gasteiger partial charge in [0.25, 0.3) is 0 Å². The van der Waals surface area contributed by atoms with E-state index < -0.39 is 0 Å². The van der Waals surface area contributed by atoms with Crippen LogP contribution in [0.5, 0.6) is 0 Å². The number of hydrogen-bond donors (Lipinski definition) is 1. The van der Waals surface area contributed by atoms with Crippen LogP contribution in [-0.4, -0.2) is 11.0 Å². The van der Waals surface area contributed by atoms with Gasteiger partial charge >= 0.3 is 0 Å². The predicted molar refractivity (Wildman–Crippen MR) is 45.1 cm³/mol. The number of pyridine rings is 1. The molecule has 0 spiro atoms. The number of aromatic nitrogens is 1. The molecule has 1 N–H and O–H groups in total. The Morgan fingerprint density at radius 1 is 1.50 bits per heavy atom. The molecule has 0 bridgehead atoms. The first-order valence-electron chi connectivity index (χ1n) is 3.46. The van der Waals surface area contributed by atoms with Crippen molar-refractivity contribution in [1.29, 1.82) is 0 Å². The highest BCUT2D eigenvalue weighted by Gasteiger charge is 1.91. The Labute approximate surface area is 62.8 Å². The fraction of sp³-hybridized carbons (Fsp3) is 0.375. The molecule has 0 aromatic carbocycles. The summed E-state index contributed by atoms with van der Waals surface area (Å²) in [6, 6.07) is 6.29. The fourth-order valence-electron chi connectivity index (χ4n) is 0.744. The normalized spacial score (nSPS) is 9.90. The Bertz CT molecular complexity index is 187. The maximum Gasteiger partial charge on any atom is 0.126 e. The summed E-state index contributed by atoms with van der Waals surface area (Å²) in [5.74, 6) is 0.942. The predicted octanol–water partition coefficient (Wildman–Crippen LogP) is 2.15. The second-order valence-electron chi connectivity index (χ2n) is 2.51. The third-order valence-corrected chi connectivity index (χ3v) is 1.10. The van der Waals surface area contributed by atoms with E-state index in [1.165, 1.54) is 0 Å². The van der Waals surface area contributed by atoms with E-state index in [1.807, 2.05) is 18.2 Å². The van der Waals surface area contributed by atoms with E-state index in [4.69, 9.17) is 0 Å². The highest BCUT2D eigenvalue weighted by Crippen LogP contribution is 2.00. The number of rotatable bonds is 2. The van der Waals surface area contributed by atoms with Crippen molar-refractivity contribution in [2.24, 2.45) is 0 Å². The van der Waals surface area contributed by atoms with E-state index in [-0.39, 0.29) is 1.43 Å². The molecule has 2 heteroatoms. The standard InChI is InChI=1S/C8H12N2.H2/c1-7(2)10-8-5-3-4-6-9-8;/h3-7H,1-2H3,(H,9,10);1H. The minimum Gasteiger partial charge on any atom is -0.368 e. The Morgan fingerprint density at radius 2 is 2.30 bits per heavy atom. The Hall–Kier alpha value is -1.05. The molecule has 2 nitrogen and oxygen atoms in total. The first-order valence-corrected chi connectivity index (χ1v) is 3.46. The molecule has 1 aromatic heterocycles. The van der Waals surface area contributed by atoms with Crippen molar-refractivity contribution in [3.05, 3.63) is 24.4 Å². The number of anilines is 1. The number of hydrogen-bond acceptors (Lipinski definition) is 2. The quantitative estimate of drug-likeness (QED) is 0.677. The highest BCUT2D eigenvalue weighted by atomic mass is 15.0. The van der Waals surface area contributed by atoms with Crippen LogP contribution in [-0.2, 0) is 0 Å². The lowest BCUT2D eigenvalue weighted by atomic mass is 10.4. The summed E-state index contributed by atoms with van der Waals surface area (Å²) in [6.07, 6.45) is 1.78. The maximum absolute atomic E-state index is 4.11. The monoisotopic (exact) mass is 138 g/mol. The molecule has 1 heterocycles. The highest BCUT2D eigenvalue weighted by molar-refractivity contribution is 5.33. The van der Waals surface area contributed by atoms with Gasteiger partial charge in [-0.25, -0.2) is 4.98 Å². The van der Waals surface area contributed by atoms with Crippen molar-refractivity contribution in [2.45, 2.75) is 19.9 Å². The lowest BCUT2D eigenvalue weighted by molar-refractivity contribution is 0.889. The molecule has 56 valence electrons. The average molecular weight is 138 g/mol. The molecule has 0 amide bonds. The van der Waals surface area contributed by atoms with Crippen molar-refractivity contribution in [1.82, 2.24) is 4.98 Å². The van der Waals surface area contributed by atoms with Crippen LogP contribution in [0.25, 0.3) is 0 Å². The molecule has 0 saturated carbocycles. The summed E-state index contributed by atoms with van der Waals surface area (Å²) in [5.41, 5.74) is 0. The van der Waals surface area contributed by atoms with Gasteiger partial charge in [-0.1, -0.05) is 6.07 Å². The van der Waals surface area contributed by atoms with Crippen molar-refractivity contribution in [3.8, 4) is 0 Å². The van der Waals surface area contributed by atoms with Gasteiger partial charge in [-0.3, -0.25) is 0 Å². The van der Waals surface area contributed by atoms with Gasteiger partial charge in [0, 0.05) is 13.7 Å². The van der Waals surface area contributed by atoms with Crippen LogP contribution < -0.4 is 5.32 Å². The molecular weight excluding hydrogens is 124 g/mol. The van der Waals surface area contributed by atoms with Crippen LogP contribution in [0.4, 0.5) is 5.82 Å². The van der Waals surface area contributed by atoms with Crippen LogP contribution in [0.2, 0.25) is 0 Å².